The van der Waals surface area contributed by atoms with E-state index >= 15 is 0 Å². The van der Waals surface area contributed by atoms with Crippen molar-refractivity contribution >= 4 is 0 Å². The number of benzene rings is 2. The Labute approximate surface area is 126 Å². The van der Waals surface area contributed by atoms with Crippen molar-refractivity contribution in [1.29, 1.82) is 0 Å². The van der Waals surface area contributed by atoms with Gasteiger partial charge in [0.25, 0.3) is 0 Å². The summed E-state index contributed by atoms with van der Waals surface area (Å²) in [4.78, 5) is 0. The molecule has 0 radical (unpaired) electrons. The van der Waals surface area contributed by atoms with Gasteiger partial charge in [0, 0.05) is 6.54 Å². The summed E-state index contributed by atoms with van der Waals surface area (Å²) in [5.41, 5.74) is 2.69. The van der Waals surface area contributed by atoms with Gasteiger partial charge in [-0.05, 0) is 54.0 Å². The molecule has 0 aliphatic heterocycles. The second-order valence-electron chi connectivity index (χ2n) is 5.88. The molecule has 0 heterocycles. The summed E-state index contributed by atoms with van der Waals surface area (Å²) in [5.74, 6) is 1.63. The van der Waals surface area contributed by atoms with Crippen molar-refractivity contribution in [2.75, 3.05) is 13.1 Å². The molecule has 2 aromatic rings. The third kappa shape index (κ3) is 3.33. The van der Waals surface area contributed by atoms with Crippen LogP contribution in [0.5, 0.6) is 0 Å². The molecule has 3 rings (SSSR count). The van der Waals surface area contributed by atoms with Crippen LogP contribution < -0.4 is 5.32 Å². The highest BCUT2D eigenvalue weighted by Gasteiger charge is 2.43. The van der Waals surface area contributed by atoms with Crippen LogP contribution in [0.1, 0.15) is 36.3 Å². The first-order valence-corrected chi connectivity index (χ1v) is 7.80. The van der Waals surface area contributed by atoms with Crippen LogP contribution in [-0.4, -0.2) is 13.1 Å². The van der Waals surface area contributed by atoms with E-state index in [4.69, 9.17) is 0 Å². The van der Waals surface area contributed by atoms with Crippen molar-refractivity contribution in [2.24, 2.45) is 5.92 Å². The minimum absolute atomic E-state index is 0.156. The lowest BCUT2D eigenvalue weighted by Gasteiger charge is -2.18. The highest BCUT2D eigenvalue weighted by molar-refractivity contribution is 5.31. The maximum Gasteiger partial charge on any atom is 0.123 e. The highest BCUT2D eigenvalue weighted by Crippen LogP contribution is 2.54. The molecule has 1 fully saturated rings. The van der Waals surface area contributed by atoms with Crippen LogP contribution in [0, 0.1) is 11.7 Å². The van der Waals surface area contributed by atoms with Gasteiger partial charge in [-0.25, -0.2) is 4.39 Å². The normalized spacial score (nSPS) is 22.0. The van der Waals surface area contributed by atoms with E-state index in [9.17, 15) is 4.39 Å². The van der Waals surface area contributed by atoms with Gasteiger partial charge in [-0.15, -0.1) is 0 Å². The summed E-state index contributed by atoms with van der Waals surface area (Å²) in [6.07, 6.45) is 1.23. The first-order valence-electron chi connectivity index (χ1n) is 7.80. The molecular weight excluding hydrogens is 261 g/mol. The lowest BCUT2D eigenvalue weighted by atomic mass is 9.91. The molecular formula is C19H22FN. The summed E-state index contributed by atoms with van der Waals surface area (Å²) < 4.78 is 13.1. The van der Waals surface area contributed by atoms with Crippen molar-refractivity contribution in [3.8, 4) is 0 Å². The molecule has 3 unspecified atom stereocenters. The van der Waals surface area contributed by atoms with Gasteiger partial charge in [-0.3, -0.25) is 0 Å². The van der Waals surface area contributed by atoms with Crippen LogP contribution in [-0.2, 0) is 0 Å². The van der Waals surface area contributed by atoms with E-state index in [2.05, 4.69) is 42.6 Å². The maximum absolute atomic E-state index is 13.1. The van der Waals surface area contributed by atoms with E-state index in [0.29, 0.717) is 17.8 Å². The largest absolute Gasteiger partial charge is 0.316 e. The number of nitrogens with one attached hydrogen (secondary N) is 1. The van der Waals surface area contributed by atoms with Crippen molar-refractivity contribution in [2.45, 2.75) is 25.2 Å². The fourth-order valence-electron chi connectivity index (χ4n) is 3.27. The summed E-state index contributed by atoms with van der Waals surface area (Å²) in [6.45, 7) is 4.07. The minimum atomic E-state index is -0.156. The van der Waals surface area contributed by atoms with Gasteiger partial charge in [0.1, 0.15) is 5.82 Å². The first kappa shape index (κ1) is 14.3. The molecule has 1 aliphatic carbocycles. The van der Waals surface area contributed by atoms with Crippen molar-refractivity contribution in [3.05, 3.63) is 71.5 Å². The van der Waals surface area contributed by atoms with Crippen molar-refractivity contribution in [1.82, 2.24) is 5.32 Å². The fraction of sp³-hybridized carbons (Fsp3) is 0.368. The highest BCUT2D eigenvalue weighted by atomic mass is 19.1. The SMILES string of the molecule is CCNCC(c1ccc(F)cc1)C1CC1c1ccccc1. The number of hydrogen-bond donors (Lipinski definition) is 1. The van der Waals surface area contributed by atoms with Crippen LogP contribution >= 0.6 is 0 Å². The van der Waals surface area contributed by atoms with Gasteiger partial charge in [0.15, 0.2) is 0 Å². The second kappa shape index (κ2) is 6.40. The van der Waals surface area contributed by atoms with Crippen LogP contribution in [0.3, 0.4) is 0 Å². The molecule has 0 bridgehead atoms. The number of likely N-dealkylation sites (N-methyl/N-ethyl adjacent to an activating group) is 1. The Morgan fingerprint density at radius 3 is 2.48 bits per heavy atom. The Kier molecular flexibility index (Phi) is 4.35. The molecule has 0 aromatic heterocycles. The Morgan fingerprint density at radius 2 is 1.81 bits per heavy atom. The summed E-state index contributed by atoms with van der Waals surface area (Å²) in [6, 6.07) is 17.8. The van der Waals surface area contributed by atoms with E-state index in [1.54, 1.807) is 12.1 Å². The maximum atomic E-state index is 13.1. The van der Waals surface area contributed by atoms with Crippen LogP contribution in [0.15, 0.2) is 54.6 Å². The predicted molar refractivity (Wildman–Crippen MR) is 85.0 cm³/mol. The Balaban J connectivity index is 1.76. The summed E-state index contributed by atoms with van der Waals surface area (Å²) in [5, 5.41) is 3.46. The first-order chi connectivity index (χ1) is 10.3. The summed E-state index contributed by atoms with van der Waals surface area (Å²) >= 11 is 0. The average molecular weight is 283 g/mol. The van der Waals surface area contributed by atoms with Gasteiger partial charge < -0.3 is 5.32 Å². The van der Waals surface area contributed by atoms with Crippen molar-refractivity contribution in [3.63, 3.8) is 0 Å². The zero-order valence-electron chi connectivity index (χ0n) is 12.4. The van der Waals surface area contributed by atoms with Crippen LogP contribution in [0.2, 0.25) is 0 Å². The fourth-order valence-corrected chi connectivity index (χ4v) is 3.27. The number of halogens is 1. The molecule has 0 saturated heterocycles. The smallest absolute Gasteiger partial charge is 0.123 e. The molecule has 0 amide bonds. The molecule has 1 N–H and O–H groups in total. The molecule has 21 heavy (non-hydrogen) atoms. The van der Waals surface area contributed by atoms with Crippen molar-refractivity contribution < 1.29 is 4.39 Å². The van der Waals surface area contributed by atoms with E-state index in [1.165, 1.54) is 17.5 Å². The third-order valence-corrected chi connectivity index (χ3v) is 4.50. The van der Waals surface area contributed by atoms with Gasteiger partial charge in [0.2, 0.25) is 0 Å². The van der Waals surface area contributed by atoms with E-state index in [-0.39, 0.29) is 5.82 Å². The predicted octanol–water partition coefficient (Wildman–Crippen LogP) is 4.32. The van der Waals surface area contributed by atoms with Gasteiger partial charge >= 0.3 is 0 Å². The van der Waals surface area contributed by atoms with E-state index in [1.807, 2.05) is 12.1 Å². The average Bonchev–Trinajstić information content (AvgIpc) is 3.31. The molecule has 0 spiro atoms. The Hall–Kier alpha value is -1.67. The quantitative estimate of drug-likeness (QED) is 0.832. The molecule has 1 aliphatic rings. The standard InChI is InChI=1S/C19H22FN/c1-2-21-13-19(15-8-10-16(20)11-9-15)18-12-17(18)14-6-4-3-5-7-14/h3-11,17-19,21H,2,12-13H2,1H3. The Bertz CT molecular complexity index is 564. The minimum Gasteiger partial charge on any atom is -0.316 e. The molecule has 3 atom stereocenters. The third-order valence-electron chi connectivity index (χ3n) is 4.50. The lowest BCUT2D eigenvalue weighted by Crippen LogP contribution is -2.22. The molecule has 2 heteroatoms. The van der Waals surface area contributed by atoms with Gasteiger partial charge in [-0.1, -0.05) is 49.4 Å². The number of hydrogen-bond acceptors (Lipinski definition) is 1. The lowest BCUT2D eigenvalue weighted by molar-refractivity contribution is 0.534. The molecule has 1 saturated carbocycles. The second-order valence-corrected chi connectivity index (χ2v) is 5.88. The zero-order chi connectivity index (χ0) is 14.7. The zero-order valence-corrected chi connectivity index (χ0v) is 12.4. The molecule has 2 aromatic carbocycles. The number of rotatable bonds is 6. The van der Waals surface area contributed by atoms with E-state index in [0.717, 1.165) is 13.1 Å². The van der Waals surface area contributed by atoms with Gasteiger partial charge in [0.05, 0.1) is 0 Å². The van der Waals surface area contributed by atoms with Crippen LogP contribution in [0.25, 0.3) is 0 Å². The van der Waals surface area contributed by atoms with Crippen LogP contribution in [0.4, 0.5) is 4.39 Å². The Morgan fingerprint density at radius 1 is 1.10 bits per heavy atom. The molecule has 110 valence electrons. The molecule has 1 nitrogen and oxygen atoms in total. The topological polar surface area (TPSA) is 12.0 Å². The van der Waals surface area contributed by atoms with Gasteiger partial charge in [-0.2, -0.15) is 0 Å². The summed E-state index contributed by atoms with van der Waals surface area (Å²) in [7, 11) is 0. The monoisotopic (exact) mass is 283 g/mol. The van der Waals surface area contributed by atoms with E-state index < -0.39 is 0 Å².